The third kappa shape index (κ3) is 5.30. The number of hydrogen-bond acceptors (Lipinski definition) is 6. The molecule has 3 aromatic rings. The molecular weight excluding hydrogens is 464 g/mol. The van der Waals surface area contributed by atoms with Crippen LogP contribution >= 0.6 is 27.7 Å². The highest BCUT2D eigenvalue weighted by Gasteiger charge is 2.27. The van der Waals surface area contributed by atoms with Gasteiger partial charge in [0.15, 0.2) is 0 Å². The summed E-state index contributed by atoms with van der Waals surface area (Å²) in [6.45, 7) is 2.15. The van der Waals surface area contributed by atoms with Crippen molar-refractivity contribution in [1.29, 1.82) is 0 Å². The molecule has 156 valence electrons. The van der Waals surface area contributed by atoms with E-state index in [4.69, 9.17) is 4.52 Å². The lowest BCUT2D eigenvalue weighted by atomic mass is 9.97. The minimum Gasteiger partial charge on any atom is -0.338 e. The van der Waals surface area contributed by atoms with Gasteiger partial charge in [-0.1, -0.05) is 39.3 Å². The van der Waals surface area contributed by atoms with Crippen LogP contribution in [-0.4, -0.2) is 40.3 Å². The SMILES string of the molecule is CSc1cccc(NC(=O)C2CCCN(Cc3nc(-c4cccc(Br)c4)no3)C2)c1. The molecule has 30 heavy (non-hydrogen) atoms. The molecule has 0 aliphatic carbocycles. The Kier molecular flexibility index (Phi) is 6.86. The van der Waals surface area contributed by atoms with Crippen LogP contribution in [0, 0.1) is 5.92 Å². The number of nitrogens with one attached hydrogen (secondary N) is 1. The summed E-state index contributed by atoms with van der Waals surface area (Å²) >= 11 is 5.13. The molecule has 0 radical (unpaired) electrons. The van der Waals surface area contributed by atoms with Gasteiger partial charge in [0.2, 0.25) is 17.6 Å². The second kappa shape index (κ2) is 9.76. The van der Waals surface area contributed by atoms with Gasteiger partial charge in [0.1, 0.15) is 0 Å². The van der Waals surface area contributed by atoms with Crippen molar-refractivity contribution in [3.8, 4) is 11.4 Å². The number of aromatic nitrogens is 2. The van der Waals surface area contributed by atoms with Crippen molar-refractivity contribution in [1.82, 2.24) is 15.0 Å². The molecule has 1 aliphatic heterocycles. The highest BCUT2D eigenvalue weighted by atomic mass is 79.9. The number of thioether (sulfide) groups is 1. The van der Waals surface area contributed by atoms with E-state index in [0.717, 1.165) is 40.0 Å². The van der Waals surface area contributed by atoms with Crippen LogP contribution in [-0.2, 0) is 11.3 Å². The molecule has 1 unspecified atom stereocenters. The standard InChI is InChI=1S/C22H23BrN4O2S/c1-30-19-9-3-8-18(12-19)24-22(28)16-6-4-10-27(13-16)14-20-25-21(26-29-20)15-5-2-7-17(23)11-15/h2-3,5,7-9,11-12,16H,4,6,10,13-14H2,1H3,(H,24,28). The molecule has 1 N–H and O–H groups in total. The third-order valence-electron chi connectivity index (χ3n) is 5.12. The van der Waals surface area contributed by atoms with Gasteiger partial charge in [0.25, 0.3) is 0 Å². The van der Waals surface area contributed by atoms with Gasteiger partial charge < -0.3 is 9.84 Å². The molecule has 4 rings (SSSR count). The van der Waals surface area contributed by atoms with Crippen LogP contribution in [0.1, 0.15) is 18.7 Å². The van der Waals surface area contributed by atoms with E-state index >= 15 is 0 Å². The van der Waals surface area contributed by atoms with Crippen LogP contribution in [0.2, 0.25) is 0 Å². The Morgan fingerprint density at radius 2 is 2.17 bits per heavy atom. The summed E-state index contributed by atoms with van der Waals surface area (Å²) in [5.41, 5.74) is 1.75. The number of amides is 1. The monoisotopic (exact) mass is 486 g/mol. The first-order valence-corrected chi connectivity index (χ1v) is 11.9. The Bertz CT molecular complexity index is 1030. The molecule has 6 nitrogen and oxygen atoms in total. The summed E-state index contributed by atoms with van der Waals surface area (Å²) in [6.07, 6.45) is 3.88. The zero-order valence-corrected chi connectivity index (χ0v) is 19.1. The van der Waals surface area contributed by atoms with Gasteiger partial charge in [-0.3, -0.25) is 9.69 Å². The number of benzene rings is 2. The fourth-order valence-corrected chi connectivity index (χ4v) is 4.47. The van der Waals surface area contributed by atoms with Gasteiger partial charge in [-0.2, -0.15) is 4.98 Å². The molecule has 2 heterocycles. The summed E-state index contributed by atoms with van der Waals surface area (Å²) in [4.78, 5) is 20.7. The lowest BCUT2D eigenvalue weighted by molar-refractivity contribution is -0.121. The van der Waals surface area contributed by atoms with E-state index < -0.39 is 0 Å². The van der Waals surface area contributed by atoms with Crippen molar-refractivity contribution >= 4 is 39.3 Å². The van der Waals surface area contributed by atoms with Crippen LogP contribution < -0.4 is 5.32 Å². The fraction of sp³-hybridized carbons (Fsp3) is 0.318. The zero-order valence-electron chi connectivity index (χ0n) is 16.7. The highest BCUT2D eigenvalue weighted by Crippen LogP contribution is 2.24. The van der Waals surface area contributed by atoms with Crippen molar-refractivity contribution < 1.29 is 9.32 Å². The molecule has 1 aliphatic rings. The predicted molar refractivity (Wildman–Crippen MR) is 122 cm³/mol. The first kappa shape index (κ1) is 21.1. The maximum atomic E-state index is 12.8. The number of halogens is 1. The van der Waals surface area contributed by atoms with Crippen LogP contribution in [0.5, 0.6) is 0 Å². The molecule has 8 heteroatoms. The van der Waals surface area contributed by atoms with Gasteiger partial charge in [0, 0.05) is 27.2 Å². The summed E-state index contributed by atoms with van der Waals surface area (Å²) in [7, 11) is 0. The van der Waals surface area contributed by atoms with Crippen LogP contribution in [0.3, 0.4) is 0 Å². The number of carbonyl (C=O) groups is 1. The van der Waals surface area contributed by atoms with Crippen LogP contribution in [0.4, 0.5) is 5.69 Å². The van der Waals surface area contributed by atoms with Crippen molar-refractivity contribution in [2.45, 2.75) is 24.3 Å². The lowest BCUT2D eigenvalue weighted by Gasteiger charge is -2.30. The van der Waals surface area contributed by atoms with Crippen molar-refractivity contribution in [2.75, 3.05) is 24.7 Å². The predicted octanol–water partition coefficient (Wildman–Crippen LogP) is 5.07. The first-order chi connectivity index (χ1) is 14.6. The summed E-state index contributed by atoms with van der Waals surface area (Å²) in [5, 5.41) is 7.17. The molecule has 1 aromatic heterocycles. The van der Waals surface area contributed by atoms with E-state index in [2.05, 4.69) is 36.3 Å². The van der Waals surface area contributed by atoms with Gasteiger partial charge in [0.05, 0.1) is 12.5 Å². The number of anilines is 1. The number of rotatable bonds is 6. The Morgan fingerprint density at radius 1 is 1.30 bits per heavy atom. The molecule has 0 spiro atoms. The van der Waals surface area contributed by atoms with Crippen LogP contribution in [0.25, 0.3) is 11.4 Å². The minimum atomic E-state index is -0.0517. The van der Waals surface area contributed by atoms with Crippen molar-refractivity contribution in [3.05, 3.63) is 58.9 Å². The molecule has 1 saturated heterocycles. The Balaban J connectivity index is 1.36. The van der Waals surface area contributed by atoms with Gasteiger partial charge in [-0.15, -0.1) is 11.8 Å². The third-order valence-corrected chi connectivity index (χ3v) is 6.34. The molecule has 0 saturated carbocycles. The van der Waals surface area contributed by atoms with Gasteiger partial charge in [-0.25, -0.2) is 0 Å². The summed E-state index contributed by atoms with van der Waals surface area (Å²) < 4.78 is 6.43. The molecular formula is C22H23BrN4O2S. The van der Waals surface area contributed by atoms with E-state index in [0.29, 0.717) is 24.8 Å². The fourth-order valence-electron chi connectivity index (χ4n) is 3.61. The number of likely N-dealkylation sites (tertiary alicyclic amines) is 1. The normalized spacial score (nSPS) is 17.1. The Morgan fingerprint density at radius 3 is 3.00 bits per heavy atom. The minimum absolute atomic E-state index is 0.0517. The maximum Gasteiger partial charge on any atom is 0.241 e. The summed E-state index contributed by atoms with van der Waals surface area (Å²) in [5.74, 6) is 1.16. The Labute approximate surface area is 188 Å². The van der Waals surface area contributed by atoms with E-state index in [1.165, 1.54) is 0 Å². The highest BCUT2D eigenvalue weighted by molar-refractivity contribution is 9.10. The average Bonchev–Trinajstić information content (AvgIpc) is 3.22. The average molecular weight is 487 g/mol. The van der Waals surface area contributed by atoms with Gasteiger partial charge in [-0.05, 0) is 56.0 Å². The number of nitrogens with zero attached hydrogens (tertiary/aromatic N) is 3. The second-order valence-electron chi connectivity index (χ2n) is 7.32. The molecule has 0 bridgehead atoms. The van der Waals surface area contributed by atoms with E-state index in [-0.39, 0.29) is 11.8 Å². The van der Waals surface area contributed by atoms with Crippen molar-refractivity contribution in [3.63, 3.8) is 0 Å². The quantitative estimate of drug-likeness (QED) is 0.490. The van der Waals surface area contributed by atoms with Crippen LogP contribution in [0.15, 0.2) is 62.4 Å². The maximum absolute atomic E-state index is 12.8. The van der Waals surface area contributed by atoms with E-state index in [9.17, 15) is 4.79 Å². The largest absolute Gasteiger partial charge is 0.338 e. The lowest BCUT2D eigenvalue weighted by Crippen LogP contribution is -2.40. The van der Waals surface area contributed by atoms with E-state index in [1.54, 1.807) is 11.8 Å². The molecule has 2 aromatic carbocycles. The first-order valence-electron chi connectivity index (χ1n) is 9.86. The summed E-state index contributed by atoms with van der Waals surface area (Å²) in [6, 6.07) is 15.8. The smallest absolute Gasteiger partial charge is 0.241 e. The molecule has 1 fully saturated rings. The number of carbonyl (C=O) groups excluding carboxylic acids is 1. The number of piperidine rings is 1. The number of hydrogen-bond donors (Lipinski definition) is 1. The van der Waals surface area contributed by atoms with Crippen molar-refractivity contribution in [2.24, 2.45) is 5.92 Å². The second-order valence-corrected chi connectivity index (χ2v) is 9.11. The Hall–Kier alpha value is -2.16. The molecule has 1 atom stereocenters. The topological polar surface area (TPSA) is 71.3 Å². The molecule has 1 amide bonds. The van der Waals surface area contributed by atoms with E-state index in [1.807, 2.05) is 54.8 Å². The van der Waals surface area contributed by atoms with Gasteiger partial charge >= 0.3 is 0 Å². The zero-order chi connectivity index (χ0) is 20.9.